The van der Waals surface area contributed by atoms with Crippen molar-refractivity contribution in [2.75, 3.05) is 0 Å². The summed E-state index contributed by atoms with van der Waals surface area (Å²) in [5.41, 5.74) is 2.56. The minimum Gasteiger partial charge on any atom is -0.489 e. The molecule has 0 heterocycles. The van der Waals surface area contributed by atoms with Crippen molar-refractivity contribution >= 4 is 11.6 Å². The van der Waals surface area contributed by atoms with Gasteiger partial charge < -0.3 is 9.84 Å². The highest BCUT2D eigenvalue weighted by molar-refractivity contribution is 6.30. The molecule has 1 N–H and O–H groups in total. The Bertz CT molecular complexity index is 657. The van der Waals surface area contributed by atoms with Crippen molar-refractivity contribution in [3.63, 3.8) is 0 Å². The van der Waals surface area contributed by atoms with Gasteiger partial charge in [-0.2, -0.15) is 0 Å². The Morgan fingerprint density at radius 2 is 2.10 bits per heavy atom. The molecule has 3 rings (SSSR count). The molecule has 0 saturated carbocycles. The quantitative estimate of drug-likeness (QED) is 0.909. The average Bonchev–Trinajstić information content (AvgIpc) is 2.46. The van der Waals surface area contributed by atoms with Gasteiger partial charge in [0, 0.05) is 10.6 Å². The molecule has 1 unspecified atom stereocenters. The van der Waals surface area contributed by atoms with Crippen LogP contribution >= 0.6 is 11.6 Å². The van der Waals surface area contributed by atoms with Gasteiger partial charge in [-0.3, -0.25) is 0 Å². The average molecular weight is 307 g/mol. The SMILES string of the molecule is OC1CCCc2cc(OCc3ccc(Cl)cc3F)ccc21. The summed E-state index contributed by atoms with van der Waals surface area (Å²) in [6.07, 6.45) is 2.35. The maximum Gasteiger partial charge on any atom is 0.131 e. The highest BCUT2D eigenvalue weighted by atomic mass is 35.5. The zero-order chi connectivity index (χ0) is 14.8. The van der Waals surface area contributed by atoms with E-state index in [9.17, 15) is 9.50 Å². The molecule has 21 heavy (non-hydrogen) atoms. The van der Waals surface area contributed by atoms with E-state index >= 15 is 0 Å². The lowest BCUT2D eigenvalue weighted by atomic mass is 9.89. The Kier molecular flexibility index (Phi) is 4.13. The van der Waals surface area contributed by atoms with Gasteiger partial charge in [0.05, 0.1) is 6.10 Å². The summed E-state index contributed by atoms with van der Waals surface area (Å²) in [6.45, 7) is 0.157. The topological polar surface area (TPSA) is 29.5 Å². The van der Waals surface area contributed by atoms with Gasteiger partial charge in [-0.05, 0) is 54.7 Å². The second-order valence-electron chi connectivity index (χ2n) is 5.29. The van der Waals surface area contributed by atoms with Gasteiger partial charge in [-0.25, -0.2) is 4.39 Å². The van der Waals surface area contributed by atoms with Crippen molar-refractivity contribution in [3.05, 3.63) is 63.9 Å². The minimum absolute atomic E-state index is 0.157. The van der Waals surface area contributed by atoms with Gasteiger partial charge in [-0.15, -0.1) is 0 Å². The lowest BCUT2D eigenvalue weighted by Crippen LogP contribution is -2.09. The summed E-state index contributed by atoms with van der Waals surface area (Å²) in [6, 6.07) is 10.2. The number of hydrogen-bond acceptors (Lipinski definition) is 2. The molecular weight excluding hydrogens is 291 g/mol. The Labute approximate surface area is 128 Å². The fourth-order valence-electron chi connectivity index (χ4n) is 2.65. The zero-order valence-electron chi connectivity index (χ0n) is 11.5. The van der Waals surface area contributed by atoms with E-state index in [2.05, 4.69) is 0 Å². The molecule has 110 valence electrons. The third-order valence-corrected chi connectivity index (χ3v) is 4.04. The van der Waals surface area contributed by atoms with Crippen LogP contribution in [-0.4, -0.2) is 5.11 Å². The monoisotopic (exact) mass is 306 g/mol. The third-order valence-electron chi connectivity index (χ3n) is 3.81. The van der Waals surface area contributed by atoms with E-state index < -0.39 is 0 Å². The molecule has 0 saturated heterocycles. The Balaban J connectivity index is 1.73. The number of aliphatic hydroxyl groups is 1. The Morgan fingerprint density at radius 1 is 1.24 bits per heavy atom. The molecule has 0 spiro atoms. The Hall–Kier alpha value is -1.58. The van der Waals surface area contributed by atoms with Gasteiger partial charge in [0.25, 0.3) is 0 Å². The zero-order valence-corrected chi connectivity index (χ0v) is 12.2. The molecule has 2 aromatic carbocycles. The second-order valence-corrected chi connectivity index (χ2v) is 5.73. The van der Waals surface area contributed by atoms with Crippen LogP contribution in [0.15, 0.2) is 36.4 Å². The number of halogens is 2. The van der Waals surface area contributed by atoms with Crippen LogP contribution in [-0.2, 0) is 13.0 Å². The van der Waals surface area contributed by atoms with Crippen LogP contribution in [0.4, 0.5) is 4.39 Å². The van der Waals surface area contributed by atoms with Crippen molar-refractivity contribution in [3.8, 4) is 5.75 Å². The summed E-state index contributed by atoms with van der Waals surface area (Å²) >= 11 is 5.72. The molecule has 0 bridgehead atoms. The largest absolute Gasteiger partial charge is 0.489 e. The number of benzene rings is 2. The van der Waals surface area contributed by atoms with Crippen molar-refractivity contribution < 1.29 is 14.2 Å². The number of ether oxygens (including phenoxy) is 1. The smallest absolute Gasteiger partial charge is 0.131 e. The highest BCUT2D eigenvalue weighted by Gasteiger charge is 2.18. The van der Waals surface area contributed by atoms with Crippen LogP contribution in [0.25, 0.3) is 0 Å². The molecule has 0 aliphatic heterocycles. The predicted octanol–water partition coefficient (Wildman–Crippen LogP) is 4.43. The Morgan fingerprint density at radius 3 is 2.90 bits per heavy atom. The summed E-state index contributed by atoms with van der Waals surface area (Å²) in [7, 11) is 0. The number of hydrogen-bond donors (Lipinski definition) is 1. The van der Waals surface area contributed by atoms with Crippen LogP contribution in [0.3, 0.4) is 0 Å². The molecule has 0 amide bonds. The summed E-state index contributed by atoms with van der Waals surface area (Å²) in [5.74, 6) is 0.327. The maximum atomic E-state index is 13.7. The van der Waals surface area contributed by atoms with Gasteiger partial charge in [-0.1, -0.05) is 23.7 Å². The molecule has 2 nitrogen and oxygen atoms in total. The van der Waals surface area contributed by atoms with Gasteiger partial charge in [0.1, 0.15) is 18.2 Å². The van der Waals surface area contributed by atoms with E-state index in [1.54, 1.807) is 12.1 Å². The predicted molar refractivity (Wildman–Crippen MR) is 80.1 cm³/mol. The van der Waals surface area contributed by atoms with E-state index in [4.69, 9.17) is 16.3 Å². The first-order valence-corrected chi connectivity index (χ1v) is 7.39. The second kappa shape index (κ2) is 6.04. The maximum absolute atomic E-state index is 13.7. The van der Waals surface area contributed by atoms with Crippen LogP contribution in [0, 0.1) is 5.82 Å². The van der Waals surface area contributed by atoms with E-state index in [0.717, 1.165) is 30.4 Å². The third kappa shape index (κ3) is 3.20. The van der Waals surface area contributed by atoms with Crippen molar-refractivity contribution in [1.82, 2.24) is 0 Å². The first kappa shape index (κ1) is 14.4. The van der Waals surface area contributed by atoms with E-state index in [0.29, 0.717) is 16.3 Å². The van der Waals surface area contributed by atoms with E-state index in [1.165, 1.54) is 6.07 Å². The lowest BCUT2D eigenvalue weighted by molar-refractivity contribution is 0.156. The van der Waals surface area contributed by atoms with Gasteiger partial charge in [0.15, 0.2) is 0 Å². The molecule has 1 aliphatic carbocycles. The summed E-state index contributed by atoms with van der Waals surface area (Å²) in [5, 5.41) is 10.3. The van der Waals surface area contributed by atoms with Crippen LogP contribution in [0.1, 0.15) is 35.6 Å². The van der Waals surface area contributed by atoms with Crippen molar-refractivity contribution in [2.24, 2.45) is 0 Å². The van der Waals surface area contributed by atoms with Crippen LogP contribution < -0.4 is 4.74 Å². The molecule has 0 aromatic heterocycles. The van der Waals surface area contributed by atoms with E-state index in [-0.39, 0.29) is 18.5 Å². The first-order valence-electron chi connectivity index (χ1n) is 7.01. The standard InChI is InChI=1S/C17H16ClFO2/c18-13-5-4-12(16(19)9-13)10-21-14-6-7-15-11(8-14)2-1-3-17(15)20/h4-9,17,20H,1-3,10H2. The summed E-state index contributed by atoms with van der Waals surface area (Å²) < 4.78 is 19.3. The molecule has 0 fully saturated rings. The normalized spacial score (nSPS) is 17.4. The number of fused-ring (bicyclic) bond motifs is 1. The van der Waals surface area contributed by atoms with Gasteiger partial charge >= 0.3 is 0 Å². The first-order chi connectivity index (χ1) is 10.1. The molecular formula is C17H16ClFO2. The molecule has 4 heteroatoms. The molecule has 0 radical (unpaired) electrons. The van der Waals surface area contributed by atoms with Crippen LogP contribution in [0.2, 0.25) is 5.02 Å². The fourth-order valence-corrected chi connectivity index (χ4v) is 2.81. The molecule has 1 atom stereocenters. The van der Waals surface area contributed by atoms with E-state index in [1.807, 2.05) is 18.2 Å². The number of rotatable bonds is 3. The van der Waals surface area contributed by atoms with Crippen LogP contribution in [0.5, 0.6) is 5.75 Å². The van der Waals surface area contributed by atoms with Crippen molar-refractivity contribution in [1.29, 1.82) is 0 Å². The summed E-state index contributed by atoms with van der Waals surface area (Å²) in [4.78, 5) is 0. The fraction of sp³-hybridized carbons (Fsp3) is 0.294. The number of aryl methyl sites for hydroxylation is 1. The van der Waals surface area contributed by atoms with Gasteiger partial charge in [0.2, 0.25) is 0 Å². The lowest BCUT2D eigenvalue weighted by Gasteiger charge is -2.21. The molecule has 2 aromatic rings. The highest BCUT2D eigenvalue weighted by Crippen LogP contribution is 2.32. The number of aliphatic hydroxyl groups excluding tert-OH is 1. The molecule has 1 aliphatic rings. The van der Waals surface area contributed by atoms with Crippen molar-refractivity contribution in [2.45, 2.75) is 32.0 Å². The minimum atomic E-state index is -0.378.